The van der Waals surface area contributed by atoms with E-state index in [-0.39, 0.29) is 36.1 Å². The van der Waals surface area contributed by atoms with Crippen molar-refractivity contribution < 1.29 is 14.6 Å². The molecule has 9 heteroatoms. The van der Waals surface area contributed by atoms with Crippen LogP contribution in [-0.2, 0) is 16.0 Å². The first-order valence-corrected chi connectivity index (χ1v) is 6.84. The molecule has 0 aliphatic heterocycles. The van der Waals surface area contributed by atoms with Gasteiger partial charge in [-0.25, -0.2) is 4.98 Å². The molecule has 0 amide bonds. The Labute approximate surface area is 118 Å². The van der Waals surface area contributed by atoms with Gasteiger partial charge in [-0.2, -0.15) is 9.50 Å². The SMILES string of the molecule is COC(=O)CSc1nc2nc(C)c(CCO)c(=O)n2[nH]1. The maximum atomic E-state index is 12.2. The van der Waals surface area contributed by atoms with Gasteiger partial charge in [-0.3, -0.25) is 14.7 Å². The third-order valence-electron chi connectivity index (χ3n) is 2.69. The van der Waals surface area contributed by atoms with Crippen molar-refractivity contribution in [2.24, 2.45) is 0 Å². The summed E-state index contributed by atoms with van der Waals surface area (Å²) < 4.78 is 5.73. The second kappa shape index (κ2) is 6.06. The van der Waals surface area contributed by atoms with Gasteiger partial charge in [-0.15, -0.1) is 0 Å². The van der Waals surface area contributed by atoms with Crippen LogP contribution in [-0.4, -0.2) is 50.1 Å². The van der Waals surface area contributed by atoms with Crippen molar-refractivity contribution >= 4 is 23.5 Å². The number of methoxy groups -OCH3 is 1. The van der Waals surface area contributed by atoms with Crippen LogP contribution in [0.15, 0.2) is 9.95 Å². The Balaban J connectivity index is 2.36. The number of aryl methyl sites for hydroxylation is 1. The standard InChI is InChI=1S/C11H14N4O4S/c1-6-7(3-4-16)9(18)15-10(12-6)13-11(14-15)20-5-8(17)19-2/h16H,3-5H2,1-2H3,(H,12,13,14). The van der Waals surface area contributed by atoms with Crippen molar-refractivity contribution in [2.45, 2.75) is 18.5 Å². The Morgan fingerprint density at radius 3 is 2.90 bits per heavy atom. The Bertz CT molecular complexity index is 694. The van der Waals surface area contributed by atoms with Crippen molar-refractivity contribution in [1.82, 2.24) is 19.6 Å². The Morgan fingerprint density at radius 2 is 2.25 bits per heavy atom. The summed E-state index contributed by atoms with van der Waals surface area (Å²) in [5.74, 6) is -0.0532. The van der Waals surface area contributed by atoms with Gasteiger partial charge < -0.3 is 9.84 Å². The highest BCUT2D eigenvalue weighted by Crippen LogP contribution is 2.13. The Kier molecular flexibility index (Phi) is 4.40. The molecule has 0 aromatic carbocycles. The number of carbonyl (C=O) groups is 1. The molecule has 0 aliphatic rings. The molecular formula is C11H14N4O4S. The third-order valence-corrected chi connectivity index (χ3v) is 3.53. The number of nitrogens with one attached hydrogen (secondary N) is 1. The van der Waals surface area contributed by atoms with Crippen molar-refractivity contribution in [2.75, 3.05) is 19.5 Å². The zero-order valence-corrected chi connectivity index (χ0v) is 11.9. The van der Waals surface area contributed by atoms with E-state index in [9.17, 15) is 9.59 Å². The van der Waals surface area contributed by atoms with E-state index in [1.807, 2.05) is 0 Å². The van der Waals surface area contributed by atoms with E-state index < -0.39 is 0 Å². The van der Waals surface area contributed by atoms with E-state index in [0.717, 1.165) is 11.8 Å². The molecule has 0 aliphatic carbocycles. The largest absolute Gasteiger partial charge is 0.468 e. The highest BCUT2D eigenvalue weighted by molar-refractivity contribution is 7.99. The van der Waals surface area contributed by atoms with E-state index in [1.165, 1.54) is 11.6 Å². The molecule has 0 fully saturated rings. The summed E-state index contributed by atoms with van der Waals surface area (Å²) in [6, 6.07) is 0. The van der Waals surface area contributed by atoms with Gasteiger partial charge in [0.2, 0.25) is 0 Å². The molecule has 2 heterocycles. The van der Waals surface area contributed by atoms with Crippen LogP contribution >= 0.6 is 11.8 Å². The number of H-pyrrole nitrogens is 1. The van der Waals surface area contributed by atoms with Crippen molar-refractivity contribution in [1.29, 1.82) is 0 Å². The number of aliphatic hydroxyl groups is 1. The quantitative estimate of drug-likeness (QED) is 0.567. The second-order valence-corrected chi connectivity index (χ2v) is 4.95. The number of thioether (sulfide) groups is 1. The molecule has 0 atom stereocenters. The summed E-state index contributed by atoms with van der Waals surface area (Å²) >= 11 is 1.12. The number of hydrogen-bond donors (Lipinski definition) is 2. The average Bonchev–Trinajstić information content (AvgIpc) is 2.83. The van der Waals surface area contributed by atoms with E-state index in [0.29, 0.717) is 16.4 Å². The van der Waals surface area contributed by atoms with Crippen LogP contribution in [0.1, 0.15) is 11.3 Å². The molecule has 0 bridgehead atoms. The van der Waals surface area contributed by atoms with Crippen LogP contribution in [0.4, 0.5) is 0 Å². The lowest BCUT2D eigenvalue weighted by atomic mass is 10.2. The lowest BCUT2D eigenvalue weighted by molar-refractivity contribution is -0.137. The van der Waals surface area contributed by atoms with Crippen molar-refractivity contribution in [3.8, 4) is 0 Å². The zero-order valence-electron chi connectivity index (χ0n) is 11.0. The number of aliphatic hydroxyl groups excluding tert-OH is 1. The smallest absolute Gasteiger partial charge is 0.316 e. The summed E-state index contributed by atoms with van der Waals surface area (Å²) in [6.07, 6.45) is 0.240. The number of aromatic amines is 1. The van der Waals surface area contributed by atoms with Gasteiger partial charge in [0.05, 0.1) is 18.6 Å². The van der Waals surface area contributed by atoms with Crippen LogP contribution in [0.3, 0.4) is 0 Å². The minimum atomic E-state index is -0.382. The molecule has 0 saturated carbocycles. The number of carbonyl (C=O) groups excluding carboxylic acids is 1. The summed E-state index contributed by atoms with van der Waals surface area (Å²) in [7, 11) is 1.30. The number of ether oxygens (including phenoxy) is 1. The summed E-state index contributed by atoms with van der Waals surface area (Å²) in [4.78, 5) is 31.6. The first-order valence-electron chi connectivity index (χ1n) is 5.85. The Morgan fingerprint density at radius 1 is 1.50 bits per heavy atom. The molecular weight excluding hydrogens is 284 g/mol. The first-order chi connectivity index (χ1) is 9.56. The van der Waals surface area contributed by atoms with E-state index in [1.54, 1.807) is 6.92 Å². The summed E-state index contributed by atoms with van der Waals surface area (Å²) in [5.41, 5.74) is 0.692. The van der Waals surface area contributed by atoms with Crippen molar-refractivity contribution in [3.63, 3.8) is 0 Å². The molecule has 0 saturated heterocycles. The van der Waals surface area contributed by atoms with Gasteiger partial charge in [0.25, 0.3) is 11.3 Å². The highest BCUT2D eigenvalue weighted by Gasteiger charge is 2.13. The summed E-state index contributed by atoms with van der Waals surface area (Å²) in [5, 5.41) is 12.1. The number of aromatic nitrogens is 4. The van der Waals surface area contributed by atoms with Gasteiger partial charge in [0, 0.05) is 18.6 Å². The van der Waals surface area contributed by atoms with E-state index in [2.05, 4.69) is 19.8 Å². The first kappa shape index (κ1) is 14.5. The molecule has 0 unspecified atom stereocenters. The predicted octanol–water partition coefficient (Wildman–Crippen LogP) is -0.474. The third kappa shape index (κ3) is 2.83. The molecule has 0 spiro atoms. The predicted molar refractivity (Wildman–Crippen MR) is 71.9 cm³/mol. The molecule has 0 radical (unpaired) electrons. The van der Waals surface area contributed by atoms with Crippen LogP contribution < -0.4 is 5.56 Å². The van der Waals surface area contributed by atoms with Gasteiger partial charge in [-0.1, -0.05) is 11.8 Å². The normalized spacial score (nSPS) is 10.9. The Hall–Kier alpha value is -1.87. The second-order valence-electron chi connectivity index (χ2n) is 3.98. The molecule has 2 N–H and O–H groups in total. The van der Waals surface area contributed by atoms with E-state index >= 15 is 0 Å². The molecule has 2 aromatic rings. The number of fused-ring (bicyclic) bond motifs is 1. The fraction of sp³-hybridized carbons (Fsp3) is 0.455. The van der Waals surface area contributed by atoms with Crippen LogP contribution in [0.25, 0.3) is 5.78 Å². The zero-order chi connectivity index (χ0) is 14.7. The van der Waals surface area contributed by atoms with Crippen LogP contribution in [0, 0.1) is 6.92 Å². The molecule has 108 valence electrons. The molecule has 8 nitrogen and oxygen atoms in total. The minimum absolute atomic E-state index is 0.0908. The van der Waals surface area contributed by atoms with Gasteiger partial charge in [0.15, 0.2) is 5.16 Å². The molecule has 2 aromatic heterocycles. The lowest BCUT2D eigenvalue weighted by Crippen LogP contribution is -2.22. The topological polar surface area (TPSA) is 110 Å². The number of rotatable bonds is 5. The maximum absolute atomic E-state index is 12.2. The fourth-order valence-electron chi connectivity index (χ4n) is 1.69. The maximum Gasteiger partial charge on any atom is 0.316 e. The number of hydrogen-bond acceptors (Lipinski definition) is 7. The van der Waals surface area contributed by atoms with Gasteiger partial charge >= 0.3 is 5.97 Å². The molecule has 20 heavy (non-hydrogen) atoms. The van der Waals surface area contributed by atoms with Crippen LogP contribution in [0.2, 0.25) is 0 Å². The van der Waals surface area contributed by atoms with Gasteiger partial charge in [0.1, 0.15) is 0 Å². The average molecular weight is 298 g/mol. The monoisotopic (exact) mass is 298 g/mol. The fourth-order valence-corrected chi connectivity index (χ4v) is 2.36. The van der Waals surface area contributed by atoms with E-state index in [4.69, 9.17) is 5.11 Å². The van der Waals surface area contributed by atoms with Crippen molar-refractivity contribution in [3.05, 3.63) is 21.6 Å². The number of esters is 1. The number of nitrogens with zero attached hydrogens (tertiary/aromatic N) is 3. The van der Waals surface area contributed by atoms with Crippen LogP contribution in [0.5, 0.6) is 0 Å². The highest BCUT2D eigenvalue weighted by atomic mass is 32.2. The molecule has 2 rings (SSSR count). The summed E-state index contributed by atoms with van der Waals surface area (Å²) in [6.45, 7) is 1.57. The lowest BCUT2D eigenvalue weighted by Gasteiger charge is -2.01. The minimum Gasteiger partial charge on any atom is -0.468 e. The van der Waals surface area contributed by atoms with Gasteiger partial charge in [-0.05, 0) is 6.92 Å².